The molecule has 0 atom stereocenters. The lowest BCUT2D eigenvalue weighted by Crippen LogP contribution is -2.25. The molecule has 0 amide bonds. The van der Waals surface area contributed by atoms with Crippen LogP contribution in [0.2, 0.25) is 5.02 Å². The Hall–Kier alpha value is -2.69. The molecule has 0 spiro atoms. The van der Waals surface area contributed by atoms with E-state index in [-0.39, 0.29) is 5.56 Å². The molecule has 0 N–H and O–H groups in total. The van der Waals surface area contributed by atoms with Crippen LogP contribution in [0, 0.1) is 6.92 Å². The molecule has 3 nitrogen and oxygen atoms in total. The van der Waals surface area contributed by atoms with Crippen molar-refractivity contribution in [1.29, 1.82) is 0 Å². The Kier molecular flexibility index (Phi) is 6.16. The lowest BCUT2D eigenvalue weighted by molar-refractivity contribution is 0.781. The number of hydrogen-bond donors (Lipinski definition) is 0. The monoisotopic (exact) mass is 478 g/mol. The van der Waals surface area contributed by atoms with Gasteiger partial charge in [0.2, 0.25) is 0 Å². The van der Waals surface area contributed by atoms with Crippen molar-refractivity contribution in [3.8, 4) is 16.9 Å². The van der Waals surface area contributed by atoms with Crippen molar-refractivity contribution in [1.82, 2.24) is 9.78 Å². The molecule has 0 radical (unpaired) electrons. The third kappa shape index (κ3) is 4.72. The van der Waals surface area contributed by atoms with E-state index in [1.54, 1.807) is 0 Å². The number of halogens is 2. The molecule has 4 rings (SSSR count). The van der Waals surface area contributed by atoms with Gasteiger partial charge in [0.15, 0.2) is 0 Å². The van der Waals surface area contributed by atoms with Gasteiger partial charge in [-0.05, 0) is 67.8 Å². The van der Waals surface area contributed by atoms with Crippen LogP contribution in [0.1, 0.15) is 16.7 Å². The van der Waals surface area contributed by atoms with Crippen molar-refractivity contribution in [2.75, 3.05) is 0 Å². The topological polar surface area (TPSA) is 34.9 Å². The lowest BCUT2D eigenvalue weighted by Gasteiger charge is -2.12. The van der Waals surface area contributed by atoms with Crippen molar-refractivity contribution >= 4 is 27.5 Å². The second-order valence-electron chi connectivity index (χ2n) is 7.24. The summed E-state index contributed by atoms with van der Waals surface area (Å²) in [6.45, 7) is 2.05. The van der Waals surface area contributed by atoms with Gasteiger partial charge < -0.3 is 0 Å². The third-order valence-electron chi connectivity index (χ3n) is 5.00. The first kappa shape index (κ1) is 20.6. The molecule has 0 aliphatic carbocycles. The molecule has 0 unspecified atom stereocenters. The van der Waals surface area contributed by atoms with Gasteiger partial charge in [0.25, 0.3) is 5.56 Å². The van der Waals surface area contributed by atoms with Gasteiger partial charge in [0.1, 0.15) is 0 Å². The molecule has 30 heavy (non-hydrogen) atoms. The second-order valence-corrected chi connectivity index (χ2v) is 8.59. The second kappa shape index (κ2) is 8.99. The fraction of sp³-hybridized carbons (Fsp3) is 0.120. The zero-order valence-corrected chi connectivity index (χ0v) is 18.8. The maximum atomic E-state index is 13.2. The molecule has 0 bridgehead atoms. The Morgan fingerprint density at radius 2 is 1.57 bits per heavy atom. The first-order chi connectivity index (χ1) is 14.5. The minimum atomic E-state index is -0.0952. The highest BCUT2D eigenvalue weighted by molar-refractivity contribution is 9.10. The average molecular weight is 480 g/mol. The van der Waals surface area contributed by atoms with Gasteiger partial charge in [-0.3, -0.25) is 4.79 Å². The van der Waals surface area contributed by atoms with E-state index in [2.05, 4.69) is 40.1 Å². The number of aromatic nitrogens is 2. The smallest absolute Gasteiger partial charge is 0.267 e. The summed E-state index contributed by atoms with van der Waals surface area (Å²) in [5.74, 6) is 0. The lowest BCUT2D eigenvalue weighted by atomic mass is 10.0. The van der Waals surface area contributed by atoms with Gasteiger partial charge in [-0.1, -0.05) is 69.5 Å². The van der Waals surface area contributed by atoms with Gasteiger partial charge in [0.05, 0.1) is 11.4 Å². The molecule has 4 aromatic rings. The molecule has 150 valence electrons. The van der Waals surface area contributed by atoms with Crippen molar-refractivity contribution in [2.24, 2.45) is 0 Å². The summed E-state index contributed by atoms with van der Waals surface area (Å²) in [7, 11) is 0. The van der Waals surface area contributed by atoms with Gasteiger partial charge in [0, 0.05) is 20.6 Å². The predicted octanol–water partition coefficient (Wildman–Crippen LogP) is 6.41. The maximum absolute atomic E-state index is 13.2. The van der Waals surface area contributed by atoms with E-state index < -0.39 is 0 Å². The van der Waals surface area contributed by atoms with Crippen LogP contribution >= 0.6 is 27.5 Å². The first-order valence-corrected chi connectivity index (χ1v) is 10.9. The Morgan fingerprint density at radius 3 is 2.23 bits per heavy atom. The molecular formula is C25H20BrClN2O. The maximum Gasteiger partial charge on any atom is 0.274 e. The summed E-state index contributed by atoms with van der Waals surface area (Å²) in [6, 6.07) is 25.5. The number of aryl methyl sites for hydroxylation is 3. The predicted molar refractivity (Wildman–Crippen MR) is 127 cm³/mol. The van der Waals surface area contributed by atoms with E-state index >= 15 is 0 Å². The number of hydrogen-bond acceptors (Lipinski definition) is 2. The van der Waals surface area contributed by atoms with Crippen molar-refractivity contribution in [3.05, 3.63) is 115 Å². The van der Waals surface area contributed by atoms with Crippen LogP contribution in [-0.4, -0.2) is 9.78 Å². The Balaban J connectivity index is 1.77. The Morgan fingerprint density at radius 1 is 0.900 bits per heavy atom. The molecule has 1 aromatic heterocycles. The van der Waals surface area contributed by atoms with Crippen molar-refractivity contribution < 1.29 is 0 Å². The van der Waals surface area contributed by atoms with E-state index in [4.69, 9.17) is 11.6 Å². The molecule has 0 saturated carbocycles. The standard InChI is InChI=1S/C25H20BrClN2O/c1-17-2-7-19(8-3-17)24-16-20(9-4-18-5-12-22(27)13-6-18)25(30)29(28-24)23-14-10-21(26)11-15-23/h2-3,5-8,10-16H,4,9H2,1H3. The summed E-state index contributed by atoms with van der Waals surface area (Å²) in [4.78, 5) is 13.2. The first-order valence-electron chi connectivity index (χ1n) is 9.70. The van der Waals surface area contributed by atoms with Gasteiger partial charge >= 0.3 is 0 Å². The van der Waals surface area contributed by atoms with Gasteiger partial charge in [-0.2, -0.15) is 9.78 Å². The average Bonchev–Trinajstić information content (AvgIpc) is 2.75. The summed E-state index contributed by atoms with van der Waals surface area (Å²) >= 11 is 9.44. The quantitative estimate of drug-likeness (QED) is 0.331. The summed E-state index contributed by atoms with van der Waals surface area (Å²) in [5, 5.41) is 5.38. The van der Waals surface area contributed by atoms with Gasteiger partial charge in [-0.15, -0.1) is 0 Å². The number of nitrogens with zero attached hydrogens (tertiary/aromatic N) is 2. The van der Waals surface area contributed by atoms with Crippen LogP contribution < -0.4 is 5.56 Å². The molecule has 0 saturated heterocycles. The van der Waals surface area contributed by atoms with Crippen molar-refractivity contribution in [3.63, 3.8) is 0 Å². The van der Waals surface area contributed by atoms with Crippen LogP contribution in [-0.2, 0) is 12.8 Å². The van der Waals surface area contributed by atoms with E-state index in [0.717, 1.165) is 39.0 Å². The van der Waals surface area contributed by atoms with Crippen LogP contribution in [0.15, 0.2) is 88.1 Å². The highest BCUT2D eigenvalue weighted by Crippen LogP contribution is 2.20. The minimum Gasteiger partial charge on any atom is -0.267 e. The highest BCUT2D eigenvalue weighted by atomic mass is 79.9. The highest BCUT2D eigenvalue weighted by Gasteiger charge is 2.12. The largest absolute Gasteiger partial charge is 0.274 e. The molecule has 0 fully saturated rings. The molecule has 3 aromatic carbocycles. The van der Waals surface area contributed by atoms with Crippen LogP contribution in [0.3, 0.4) is 0 Å². The van der Waals surface area contributed by atoms with Gasteiger partial charge in [-0.25, -0.2) is 0 Å². The molecule has 1 heterocycles. The summed E-state index contributed by atoms with van der Waals surface area (Å²) in [6.07, 6.45) is 1.38. The van der Waals surface area contributed by atoms with Crippen LogP contribution in [0.4, 0.5) is 0 Å². The normalized spacial score (nSPS) is 10.9. The van der Waals surface area contributed by atoms with Crippen LogP contribution in [0.5, 0.6) is 0 Å². The van der Waals surface area contributed by atoms with E-state index in [0.29, 0.717) is 11.4 Å². The molecular weight excluding hydrogens is 460 g/mol. The van der Waals surface area contributed by atoms with Crippen LogP contribution in [0.25, 0.3) is 16.9 Å². The molecule has 0 aliphatic rings. The molecule has 0 aliphatic heterocycles. The van der Waals surface area contributed by atoms with E-state index in [1.165, 1.54) is 10.2 Å². The summed E-state index contributed by atoms with van der Waals surface area (Å²) < 4.78 is 2.45. The van der Waals surface area contributed by atoms with E-state index in [9.17, 15) is 4.79 Å². The minimum absolute atomic E-state index is 0.0952. The third-order valence-corrected chi connectivity index (χ3v) is 5.78. The SMILES string of the molecule is Cc1ccc(-c2cc(CCc3ccc(Cl)cc3)c(=O)n(-c3ccc(Br)cc3)n2)cc1. The number of rotatable bonds is 5. The zero-order chi connectivity index (χ0) is 21.1. The fourth-order valence-corrected chi connectivity index (χ4v) is 3.67. The zero-order valence-electron chi connectivity index (χ0n) is 16.5. The Bertz CT molecular complexity index is 1210. The summed E-state index contributed by atoms with van der Waals surface area (Å²) in [5.41, 5.74) is 5.47. The van der Waals surface area contributed by atoms with Crippen molar-refractivity contribution in [2.45, 2.75) is 19.8 Å². The fourth-order valence-electron chi connectivity index (χ4n) is 3.28. The number of benzene rings is 3. The van der Waals surface area contributed by atoms with E-state index in [1.807, 2.05) is 66.7 Å². The molecule has 5 heteroatoms. The Labute approximate surface area is 189 Å².